The lowest BCUT2D eigenvalue weighted by Gasteiger charge is -2.20. The highest BCUT2D eigenvalue weighted by Crippen LogP contribution is 2.33. The number of anilines is 2. The van der Waals surface area contributed by atoms with Gasteiger partial charge in [0.15, 0.2) is 5.13 Å². The van der Waals surface area contributed by atoms with Gasteiger partial charge in [-0.05, 0) is 36.9 Å². The number of rotatable bonds is 6. The van der Waals surface area contributed by atoms with E-state index in [1.165, 1.54) is 23.1 Å². The van der Waals surface area contributed by atoms with Crippen molar-refractivity contribution in [2.24, 2.45) is 0 Å². The van der Waals surface area contributed by atoms with E-state index >= 15 is 0 Å². The number of hydrogen-bond donors (Lipinski definition) is 0. The molecule has 0 fully saturated rings. The molecule has 6 nitrogen and oxygen atoms in total. The maximum absolute atomic E-state index is 12.3. The number of thiazole rings is 1. The summed E-state index contributed by atoms with van der Waals surface area (Å²) < 4.78 is 5.70. The number of thioether (sulfide) groups is 1. The molecule has 0 saturated heterocycles. The van der Waals surface area contributed by atoms with Gasteiger partial charge in [0.25, 0.3) is 11.1 Å². The van der Waals surface area contributed by atoms with E-state index < -0.39 is 0 Å². The summed E-state index contributed by atoms with van der Waals surface area (Å²) in [5.41, 5.74) is 3.92. The number of carbonyl (C=O) groups excluding carboxylic acids is 1. The molecule has 4 rings (SSSR count). The molecule has 1 amide bonds. The number of benzene rings is 1. The van der Waals surface area contributed by atoms with Gasteiger partial charge < -0.3 is 4.42 Å². The van der Waals surface area contributed by atoms with Crippen LogP contribution in [0.4, 0.5) is 10.8 Å². The Labute approximate surface area is 180 Å². The zero-order chi connectivity index (χ0) is 20.4. The predicted octanol–water partition coefficient (Wildman–Crippen LogP) is 5.85. The first-order chi connectivity index (χ1) is 14.0. The molecule has 29 heavy (non-hydrogen) atoms. The first kappa shape index (κ1) is 19.8. The van der Waals surface area contributed by atoms with E-state index in [1.54, 1.807) is 23.2 Å². The Hall–Kier alpha value is -2.49. The van der Waals surface area contributed by atoms with Crippen molar-refractivity contribution in [1.82, 2.24) is 15.2 Å². The van der Waals surface area contributed by atoms with E-state index in [-0.39, 0.29) is 5.91 Å². The topological polar surface area (TPSA) is 72.1 Å². The second-order valence-electron chi connectivity index (χ2n) is 6.40. The first-order valence-electron chi connectivity index (χ1n) is 8.84. The van der Waals surface area contributed by atoms with Crippen LogP contribution in [0.25, 0.3) is 10.8 Å². The van der Waals surface area contributed by atoms with Crippen molar-refractivity contribution in [2.75, 3.05) is 4.90 Å². The minimum Gasteiger partial charge on any atom is -0.410 e. The van der Waals surface area contributed by atoms with Gasteiger partial charge in [-0.3, -0.25) is 9.69 Å². The van der Waals surface area contributed by atoms with Crippen LogP contribution in [-0.4, -0.2) is 21.1 Å². The second-order valence-corrected chi connectivity index (χ2v) is 9.12. The fourth-order valence-corrected chi connectivity index (χ4v) is 5.12. The van der Waals surface area contributed by atoms with E-state index in [4.69, 9.17) is 4.42 Å². The van der Waals surface area contributed by atoms with Crippen molar-refractivity contribution in [3.05, 3.63) is 57.9 Å². The molecule has 0 aliphatic carbocycles. The molecule has 0 bridgehead atoms. The predicted molar refractivity (Wildman–Crippen MR) is 118 cm³/mol. The summed E-state index contributed by atoms with van der Waals surface area (Å²) in [6.45, 7) is 5.60. The van der Waals surface area contributed by atoms with Crippen molar-refractivity contribution in [3.8, 4) is 10.8 Å². The summed E-state index contributed by atoms with van der Waals surface area (Å²) in [5.74, 6) is 1.04. The number of nitrogens with zero attached hydrogens (tertiary/aromatic N) is 4. The van der Waals surface area contributed by atoms with Gasteiger partial charge in [0, 0.05) is 18.1 Å². The summed E-state index contributed by atoms with van der Waals surface area (Å²) in [5, 5.41) is 13.3. The van der Waals surface area contributed by atoms with Gasteiger partial charge in [-0.15, -0.1) is 32.9 Å². The lowest BCUT2D eigenvalue weighted by molar-refractivity contribution is -0.115. The largest absolute Gasteiger partial charge is 0.410 e. The van der Waals surface area contributed by atoms with E-state index in [0.717, 1.165) is 27.4 Å². The fourth-order valence-electron chi connectivity index (χ4n) is 2.83. The fraction of sp³-hybridized carbons (Fsp3) is 0.200. The summed E-state index contributed by atoms with van der Waals surface area (Å²) >= 11 is 4.44. The summed E-state index contributed by atoms with van der Waals surface area (Å²) in [4.78, 5) is 19.6. The molecule has 3 heterocycles. The molecule has 0 aliphatic heterocycles. The summed E-state index contributed by atoms with van der Waals surface area (Å²) in [6, 6.07) is 9.93. The van der Waals surface area contributed by atoms with Gasteiger partial charge in [-0.2, -0.15) is 0 Å². The zero-order valence-electron chi connectivity index (χ0n) is 16.1. The van der Waals surface area contributed by atoms with Gasteiger partial charge in [-0.1, -0.05) is 35.5 Å². The molecule has 9 heteroatoms. The van der Waals surface area contributed by atoms with Gasteiger partial charge in [0.05, 0.1) is 16.3 Å². The molecule has 0 spiro atoms. The Morgan fingerprint density at radius 3 is 2.79 bits per heavy atom. The molecule has 0 radical (unpaired) electrons. The second kappa shape index (κ2) is 8.48. The Kier molecular flexibility index (Phi) is 5.79. The standard InChI is InChI=1S/C20H18N4O2S3/c1-12-6-7-16(13(2)9-12)24(14(3)25)19-21-15(10-28-19)11-29-20-23-22-18(26-20)17-5-4-8-27-17/h4-10H,11H2,1-3H3. The number of aryl methyl sites for hydroxylation is 2. The smallest absolute Gasteiger partial charge is 0.277 e. The molecule has 3 aromatic heterocycles. The first-order valence-corrected chi connectivity index (χ1v) is 11.6. The number of hydrogen-bond acceptors (Lipinski definition) is 8. The van der Waals surface area contributed by atoms with Gasteiger partial charge in [0.1, 0.15) is 0 Å². The molecular weight excluding hydrogens is 424 g/mol. The quantitative estimate of drug-likeness (QED) is 0.349. The van der Waals surface area contributed by atoms with Crippen LogP contribution < -0.4 is 4.90 Å². The normalized spacial score (nSPS) is 11.0. The minimum absolute atomic E-state index is 0.0667. The van der Waals surface area contributed by atoms with Crippen molar-refractivity contribution >= 4 is 51.2 Å². The Balaban J connectivity index is 1.49. The van der Waals surface area contributed by atoms with Crippen LogP contribution >= 0.6 is 34.4 Å². The van der Waals surface area contributed by atoms with Crippen LogP contribution in [0.3, 0.4) is 0 Å². The van der Waals surface area contributed by atoms with Gasteiger partial charge in [-0.25, -0.2) is 4.98 Å². The molecule has 0 N–H and O–H groups in total. The van der Waals surface area contributed by atoms with E-state index in [9.17, 15) is 4.79 Å². The minimum atomic E-state index is -0.0667. The van der Waals surface area contributed by atoms with Crippen LogP contribution in [0.1, 0.15) is 23.7 Å². The molecule has 1 aromatic carbocycles. The molecule has 0 saturated carbocycles. The van der Waals surface area contributed by atoms with Crippen LogP contribution in [0, 0.1) is 13.8 Å². The van der Waals surface area contributed by atoms with Crippen LogP contribution in [-0.2, 0) is 10.5 Å². The molecular formula is C20H18N4O2S3. The maximum Gasteiger partial charge on any atom is 0.277 e. The van der Waals surface area contributed by atoms with Crippen molar-refractivity contribution in [1.29, 1.82) is 0 Å². The SMILES string of the molecule is CC(=O)N(c1nc(CSc2nnc(-c3cccs3)o2)cs1)c1ccc(C)cc1C. The van der Waals surface area contributed by atoms with Crippen molar-refractivity contribution in [3.63, 3.8) is 0 Å². The lowest BCUT2D eigenvalue weighted by Crippen LogP contribution is -2.23. The van der Waals surface area contributed by atoms with E-state index in [1.807, 2.05) is 48.9 Å². The van der Waals surface area contributed by atoms with Crippen LogP contribution in [0.5, 0.6) is 0 Å². The van der Waals surface area contributed by atoms with E-state index in [2.05, 4.69) is 21.2 Å². The van der Waals surface area contributed by atoms with Gasteiger partial charge in [0.2, 0.25) is 5.91 Å². The number of carbonyl (C=O) groups is 1. The molecule has 148 valence electrons. The highest BCUT2D eigenvalue weighted by Gasteiger charge is 2.20. The average molecular weight is 443 g/mol. The molecule has 0 aliphatic rings. The third kappa shape index (κ3) is 4.42. The number of amides is 1. The third-order valence-electron chi connectivity index (χ3n) is 4.12. The Morgan fingerprint density at radius 1 is 1.21 bits per heavy atom. The highest BCUT2D eigenvalue weighted by atomic mass is 32.2. The molecule has 0 unspecified atom stereocenters. The van der Waals surface area contributed by atoms with Crippen LogP contribution in [0.15, 0.2) is 50.7 Å². The van der Waals surface area contributed by atoms with Crippen molar-refractivity contribution in [2.45, 2.75) is 31.7 Å². The zero-order valence-corrected chi connectivity index (χ0v) is 18.5. The Bertz CT molecular complexity index is 1130. The molecule has 0 atom stereocenters. The maximum atomic E-state index is 12.3. The van der Waals surface area contributed by atoms with Gasteiger partial charge >= 0.3 is 0 Å². The summed E-state index contributed by atoms with van der Waals surface area (Å²) in [6.07, 6.45) is 0. The van der Waals surface area contributed by atoms with Crippen molar-refractivity contribution < 1.29 is 9.21 Å². The average Bonchev–Trinajstić information content (AvgIpc) is 3.43. The third-order valence-corrected chi connectivity index (χ3v) is 6.71. The van der Waals surface area contributed by atoms with E-state index in [0.29, 0.717) is 22.0 Å². The molecule has 4 aromatic rings. The lowest BCUT2D eigenvalue weighted by atomic mass is 10.1. The number of aromatic nitrogens is 3. The monoisotopic (exact) mass is 442 g/mol. The highest BCUT2D eigenvalue weighted by molar-refractivity contribution is 7.98. The van der Waals surface area contributed by atoms with Crippen LogP contribution in [0.2, 0.25) is 0 Å². The Morgan fingerprint density at radius 2 is 2.07 bits per heavy atom. The summed E-state index contributed by atoms with van der Waals surface area (Å²) in [7, 11) is 0. The number of thiophene rings is 1.